The van der Waals surface area contributed by atoms with Crippen molar-refractivity contribution in [3.05, 3.63) is 63.7 Å². The second kappa shape index (κ2) is 5.57. The molecule has 3 nitrogen and oxygen atoms in total. The Balaban J connectivity index is 1.85. The number of halogens is 3. The highest BCUT2D eigenvalue weighted by Gasteiger charge is 2.28. The smallest absolute Gasteiger partial charge is 0.255 e. The molecule has 114 valence electrons. The predicted octanol–water partition coefficient (Wildman–Crippen LogP) is 3.74. The van der Waals surface area contributed by atoms with Gasteiger partial charge >= 0.3 is 0 Å². The molecule has 0 fully saturated rings. The van der Waals surface area contributed by atoms with Crippen LogP contribution in [-0.2, 0) is 6.42 Å². The lowest BCUT2D eigenvalue weighted by molar-refractivity contribution is 0.0934. The topological polar surface area (TPSA) is 49.3 Å². The van der Waals surface area contributed by atoms with Gasteiger partial charge in [-0.1, -0.05) is 11.6 Å². The molecular weight excluding hydrogens is 312 g/mol. The molecule has 0 saturated carbocycles. The minimum Gasteiger partial charge on any atom is -0.507 e. The van der Waals surface area contributed by atoms with Gasteiger partial charge in [0.1, 0.15) is 17.4 Å². The van der Waals surface area contributed by atoms with E-state index in [1.807, 2.05) is 0 Å². The second-order valence-corrected chi connectivity index (χ2v) is 5.62. The van der Waals surface area contributed by atoms with Crippen molar-refractivity contribution in [3.63, 3.8) is 0 Å². The summed E-state index contributed by atoms with van der Waals surface area (Å²) in [7, 11) is 0. The Bertz CT molecular complexity index is 764. The number of aromatic hydroxyl groups is 1. The fourth-order valence-corrected chi connectivity index (χ4v) is 2.94. The van der Waals surface area contributed by atoms with Crippen LogP contribution in [0.2, 0.25) is 5.02 Å². The van der Waals surface area contributed by atoms with Crippen molar-refractivity contribution >= 4 is 17.5 Å². The SMILES string of the molecule is O=C(N[C@@H]1CCc2c(F)cc(Cl)cc21)c1ccc(F)cc1O. The molecule has 0 saturated heterocycles. The quantitative estimate of drug-likeness (QED) is 0.884. The molecule has 0 aromatic heterocycles. The molecule has 2 N–H and O–H groups in total. The van der Waals surface area contributed by atoms with Gasteiger partial charge in [-0.25, -0.2) is 8.78 Å². The third-order valence-electron chi connectivity index (χ3n) is 3.76. The van der Waals surface area contributed by atoms with Gasteiger partial charge in [0.05, 0.1) is 11.6 Å². The van der Waals surface area contributed by atoms with E-state index in [0.717, 1.165) is 12.1 Å². The lowest BCUT2D eigenvalue weighted by atomic mass is 10.1. The first-order chi connectivity index (χ1) is 10.5. The van der Waals surface area contributed by atoms with E-state index in [0.29, 0.717) is 24.0 Å². The lowest BCUT2D eigenvalue weighted by Crippen LogP contribution is -2.27. The number of nitrogens with one attached hydrogen (secondary N) is 1. The van der Waals surface area contributed by atoms with E-state index in [-0.39, 0.29) is 22.4 Å². The van der Waals surface area contributed by atoms with Crippen LogP contribution in [0.1, 0.15) is 33.9 Å². The summed E-state index contributed by atoms with van der Waals surface area (Å²) in [4.78, 5) is 12.2. The van der Waals surface area contributed by atoms with Gasteiger partial charge < -0.3 is 10.4 Å². The van der Waals surface area contributed by atoms with Crippen molar-refractivity contribution in [1.29, 1.82) is 0 Å². The molecule has 0 unspecified atom stereocenters. The summed E-state index contributed by atoms with van der Waals surface area (Å²) in [6.45, 7) is 0. The Kier molecular flexibility index (Phi) is 3.74. The lowest BCUT2D eigenvalue weighted by Gasteiger charge is -2.15. The monoisotopic (exact) mass is 323 g/mol. The highest BCUT2D eigenvalue weighted by Crippen LogP contribution is 2.35. The number of carbonyl (C=O) groups is 1. The molecule has 1 amide bonds. The van der Waals surface area contributed by atoms with Crippen molar-refractivity contribution < 1.29 is 18.7 Å². The number of phenolic OH excluding ortho intramolecular Hbond substituents is 1. The minimum absolute atomic E-state index is 0.0302. The number of carbonyl (C=O) groups excluding carboxylic acids is 1. The van der Waals surface area contributed by atoms with Gasteiger partial charge in [-0.2, -0.15) is 0 Å². The van der Waals surface area contributed by atoms with Crippen LogP contribution in [0.15, 0.2) is 30.3 Å². The molecule has 0 spiro atoms. The normalized spacial score (nSPS) is 16.4. The first kappa shape index (κ1) is 14.8. The standard InChI is InChI=1S/C16H12ClF2NO2/c17-8-5-12-10(13(19)6-8)3-4-14(12)20-16(22)11-2-1-9(18)7-15(11)21/h1-2,5-7,14,21H,3-4H2,(H,20,22)/t14-/m1/s1. The van der Waals surface area contributed by atoms with Crippen molar-refractivity contribution in [1.82, 2.24) is 5.32 Å². The van der Waals surface area contributed by atoms with Crippen LogP contribution in [0.3, 0.4) is 0 Å². The fourth-order valence-electron chi connectivity index (χ4n) is 2.72. The van der Waals surface area contributed by atoms with Gasteiger partial charge in [-0.05, 0) is 48.2 Å². The Hall–Kier alpha value is -2.14. The molecule has 0 aliphatic heterocycles. The van der Waals surface area contributed by atoms with E-state index in [1.54, 1.807) is 6.07 Å². The first-order valence-corrected chi connectivity index (χ1v) is 7.10. The van der Waals surface area contributed by atoms with Gasteiger partial charge in [-0.3, -0.25) is 4.79 Å². The zero-order valence-electron chi connectivity index (χ0n) is 11.4. The molecule has 3 rings (SSSR count). The van der Waals surface area contributed by atoms with E-state index in [2.05, 4.69) is 5.32 Å². The Morgan fingerprint density at radius 2 is 2.05 bits per heavy atom. The minimum atomic E-state index is -0.630. The number of phenols is 1. The third-order valence-corrected chi connectivity index (χ3v) is 3.98. The van der Waals surface area contributed by atoms with E-state index >= 15 is 0 Å². The van der Waals surface area contributed by atoms with Gasteiger partial charge in [0.25, 0.3) is 5.91 Å². The van der Waals surface area contributed by atoms with Gasteiger partial charge in [0.15, 0.2) is 0 Å². The number of benzene rings is 2. The molecule has 6 heteroatoms. The average Bonchev–Trinajstić information content (AvgIpc) is 2.82. The van der Waals surface area contributed by atoms with E-state index in [4.69, 9.17) is 11.6 Å². The maximum atomic E-state index is 13.8. The summed E-state index contributed by atoms with van der Waals surface area (Å²) >= 11 is 5.86. The summed E-state index contributed by atoms with van der Waals surface area (Å²) in [6.07, 6.45) is 1.04. The van der Waals surface area contributed by atoms with Crippen LogP contribution < -0.4 is 5.32 Å². The average molecular weight is 324 g/mol. The zero-order chi connectivity index (χ0) is 15.9. The fraction of sp³-hybridized carbons (Fsp3) is 0.188. The largest absolute Gasteiger partial charge is 0.507 e. The van der Waals surface area contributed by atoms with E-state index < -0.39 is 17.5 Å². The van der Waals surface area contributed by atoms with Crippen LogP contribution in [0, 0.1) is 11.6 Å². The zero-order valence-corrected chi connectivity index (χ0v) is 12.1. The van der Waals surface area contributed by atoms with Gasteiger partial charge in [0.2, 0.25) is 0 Å². The van der Waals surface area contributed by atoms with Gasteiger partial charge in [0, 0.05) is 11.1 Å². The molecule has 2 aromatic carbocycles. The highest BCUT2D eigenvalue weighted by molar-refractivity contribution is 6.30. The maximum absolute atomic E-state index is 13.8. The molecule has 1 atom stereocenters. The van der Waals surface area contributed by atoms with Crippen molar-refractivity contribution in [2.45, 2.75) is 18.9 Å². The summed E-state index contributed by atoms with van der Waals surface area (Å²) in [5, 5.41) is 12.6. The van der Waals surface area contributed by atoms with E-state index in [1.165, 1.54) is 12.1 Å². The molecule has 0 bridgehead atoms. The summed E-state index contributed by atoms with van der Waals surface area (Å²) in [5.74, 6) is -2.00. The van der Waals surface area contributed by atoms with Crippen LogP contribution >= 0.6 is 11.6 Å². The summed E-state index contributed by atoms with van der Waals surface area (Å²) in [6, 6.07) is 5.65. The van der Waals surface area contributed by atoms with Crippen LogP contribution in [0.4, 0.5) is 8.78 Å². The molecule has 2 aromatic rings. The number of rotatable bonds is 2. The third kappa shape index (κ3) is 2.64. The number of hydrogen-bond donors (Lipinski definition) is 2. The van der Waals surface area contributed by atoms with Crippen molar-refractivity contribution in [2.75, 3.05) is 0 Å². The molecule has 22 heavy (non-hydrogen) atoms. The summed E-state index contributed by atoms with van der Waals surface area (Å²) < 4.78 is 26.8. The van der Waals surface area contributed by atoms with Crippen LogP contribution in [-0.4, -0.2) is 11.0 Å². The number of fused-ring (bicyclic) bond motifs is 1. The highest BCUT2D eigenvalue weighted by atomic mass is 35.5. The van der Waals surface area contributed by atoms with Crippen molar-refractivity contribution in [2.24, 2.45) is 0 Å². The maximum Gasteiger partial charge on any atom is 0.255 e. The Morgan fingerprint density at radius 3 is 2.77 bits per heavy atom. The Morgan fingerprint density at radius 1 is 1.27 bits per heavy atom. The van der Waals surface area contributed by atoms with Gasteiger partial charge in [-0.15, -0.1) is 0 Å². The Labute approximate surface area is 130 Å². The van der Waals surface area contributed by atoms with Crippen LogP contribution in [0.5, 0.6) is 5.75 Å². The number of amides is 1. The molecular formula is C16H12ClF2NO2. The first-order valence-electron chi connectivity index (χ1n) is 6.73. The predicted molar refractivity (Wildman–Crippen MR) is 78.0 cm³/mol. The molecule has 1 aliphatic rings. The molecule has 0 heterocycles. The number of hydrogen-bond acceptors (Lipinski definition) is 2. The molecule has 0 radical (unpaired) electrons. The summed E-state index contributed by atoms with van der Waals surface area (Å²) in [5.41, 5.74) is 1.15. The molecule has 1 aliphatic carbocycles. The van der Waals surface area contributed by atoms with Crippen LogP contribution in [0.25, 0.3) is 0 Å². The van der Waals surface area contributed by atoms with Crippen molar-refractivity contribution in [3.8, 4) is 5.75 Å². The second-order valence-electron chi connectivity index (χ2n) is 5.18. The van der Waals surface area contributed by atoms with E-state index in [9.17, 15) is 18.7 Å².